The van der Waals surface area contributed by atoms with Crippen molar-refractivity contribution in [3.63, 3.8) is 0 Å². The zero-order chi connectivity index (χ0) is 23.5. The summed E-state index contributed by atoms with van der Waals surface area (Å²) in [5.41, 5.74) is -3.09. The number of carbonyl (C=O) groups excluding carboxylic acids is 4. The average Bonchev–Trinajstić information content (AvgIpc) is 2.72. The maximum absolute atomic E-state index is 13.2. The molecule has 2 aliphatic rings. The Morgan fingerprint density at radius 2 is 1.66 bits per heavy atom. The van der Waals surface area contributed by atoms with Crippen molar-refractivity contribution in [2.45, 2.75) is 37.7 Å². The fourth-order valence-corrected chi connectivity index (χ4v) is 4.82. The van der Waals surface area contributed by atoms with Crippen molar-refractivity contribution in [3.8, 4) is 17.2 Å². The Morgan fingerprint density at radius 3 is 2.22 bits per heavy atom. The number of methoxy groups -OCH3 is 1. The molecule has 2 aromatic rings. The van der Waals surface area contributed by atoms with Crippen LogP contribution in [0.3, 0.4) is 0 Å². The van der Waals surface area contributed by atoms with Gasteiger partial charge in [0.1, 0.15) is 28.9 Å². The minimum atomic E-state index is -1.81. The van der Waals surface area contributed by atoms with Gasteiger partial charge in [-0.05, 0) is 49.1 Å². The van der Waals surface area contributed by atoms with E-state index >= 15 is 0 Å². The first-order valence-electron chi connectivity index (χ1n) is 9.84. The molecule has 166 valence electrons. The first-order chi connectivity index (χ1) is 15.0. The number of phenolic OH excluding ortho intramolecular Hbond substituents is 3. The van der Waals surface area contributed by atoms with Crippen LogP contribution in [0.5, 0.6) is 17.2 Å². The summed E-state index contributed by atoms with van der Waals surface area (Å²) in [5.74, 6) is -5.94. The van der Waals surface area contributed by atoms with Crippen LogP contribution in [0, 0.1) is 0 Å². The summed E-state index contributed by atoms with van der Waals surface area (Å²) in [6.07, 6.45) is -0.406. The number of hydrogen-bond acceptors (Lipinski definition) is 9. The Balaban J connectivity index is 2.00. The largest absolute Gasteiger partial charge is 0.507 e. The molecule has 0 aromatic heterocycles. The molecule has 0 bridgehead atoms. The number of hydrogen-bond donors (Lipinski definition) is 4. The number of Topliss-reactive ketones (excluding diaryl/α,β-unsaturated/α-hetero) is 1. The minimum absolute atomic E-state index is 0.0199. The van der Waals surface area contributed by atoms with Gasteiger partial charge in [-0.2, -0.15) is 0 Å². The van der Waals surface area contributed by atoms with Crippen LogP contribution in [0.25, 0.3) is 0 Å². The van der Waals surface area contributed by atoms with Crippen molar-refractivity contribution in [2.75, 3.05) is 7.11 Å². The number of ketones is 3. The molecule has 2 unspecified atom stereocenters. The van der Waals surface area contributed by atoms with Crippen molar-refractivity contribution >= 4 is 23.3 Å². The van der Waals surface area contributed by atoms with E-state index in [9.17, 15) is 39.6 Å². The van der Waals surface area contributed by atoms with Crippen LogP contribution in [0.1, 0.15) is 68.7 Å². The van der Waals surface area contributed by atoms with Gasteiger partial charge in [-0.25, -0.2) is 0 Å². The van der Waals surface area contributed by atoms with E-state index in [0.717, 1.165) is 19.2 Å². The Kier molecular flexibility index (Phi) is 4.82. The Morgan fingerprint density at radius 1 is 1.06 bits per heavy atom. The predicted octanol–water partition coefficient (Wildman–Crippen LogP) is 1.49. The van der Waals surface area contributed by atoms with Crippen molar-refractivity contribution in [3.05, 3.63) is 51.6 Å². The molecule has 0 saturated carbocycles. The van der Waals surface area contributed by atoms with E-state index in [1.807, 2.05) is 0 Å². The molecule has 0 amide bonds. The van der Waals surface area contributed by atoms with E-state index < -0.39 is 57.4 Å². The third kappa shape index (κ3) is 2.89. The molecule has 0 heterocycles. The van der Waals surface area contributed by atoms with Crippen LogP contribution in [0.2, 0.25) is 0 Å². The second-order valence-corrected chi connectivity index (χ2v) is 8.17. The van der Waals surface area contributed by atoms with Gasteiger partial charge in [-0.1, -0.05) is 0 Å². The lowest BCUT2D eigenvalue weighted by molar-refractivity contribution is -0.152. The number of rotatable bonds is 3. The second kappa shape index (κ2) is 7.16. The first kappa shape index (κ1) is 21.5. The summed E-state index contributed by atoms with van der Waals surface area (Å²) in [7, 11) is 1.11. The molecular weight excluding hydrogens is 420 g/mol. The fraction of sp³-hybridized carbons (Fsp3) is 0.304. The number of aromatic hydroxyl groups is 3. The number of phenols is 3. The lowest BCUT2D eigenvalue weighted by Gasteiger charge is -2.40. The van der Waals surface area contributed by atoms with Crippen LogP contribution in [0.15, 0.2) is 18.2 Å². The lowest BCUT2D eigenvalue weighted by Crippen LogP contribution is -2.46. The number of esters is 1. The standard InChI is InChI=1S/C23H20O9/c1-9(24)8-23(31)6-5-10-11(18(23)22(30)32-2)7-12-15(19(10)27)21(29)17-14(26)4-3-13(25)16(17)20(12)28/h3-4,7,18,25-27,31H,5-6,8H2,1-2H3. The van der Waals surface area contributed by atoms with Gasteiger partial charge < -0.3 is 25.2 Å². The number of fused-ring (bicyclic) bond motifs is 3. The van der Waals surface area contributed by atoms with Crippen LogP contribution < -0.4 is 0 Å². The minimum Gasteiger partial charge on any atom is -0.507 e. The Labute approximate surface area is 181 Å². The molecule has 0 spiro atoms. The van der Waals surface area contributed by atoms with Crippen LogP contribution in [0.4, 0.5) is 0 Å². The van der Waals surface area contributed by atoms with Crippen molar-refractivity contribution in [1.29, 1.82) is 0 Å². The Bertz CT molecular complexity index is 1230. The van der Waals surface area contributed by atoms with E-state index in [4.69, 9.17) is 4.74 Å². The van der Waals surface area contributed by atoms with Crippen LogP contribution in [-0.4, -0.2) is 56.5 Å². The van der Waals surface area contributed by atoms with Crippen LogP contribution >= 0.6 is 0 Å². The van der Waals surface area contributed by atoms with Gasteiger partial charge in [-0.15, -0.1) is 0 Å². The first-order valence-corrected chi connectivity index (χ1v) is 9.84. The molecule has 0 fully saturated rings. The quantitative estimate of drug-likeness (QED) is 0.350. The second-order valence-electron chi connectivity index (χ2n) is 8.17. The van der Waals surface area contributed by atoms with Gasteiger partial charge in [0.2, 0.25) is 5.78 Å². The maximum atomic E-state index is 13.2. The monoisotopic (exact) mass is 440 g/mol. The highest BCUT2D eigenvalue weighted by atomic mass is 16.5. The zero-order valence-corrected chi connectivity index (χ0v) is 17.3. The van der Waals surface area contributed by atoms with E-state index in [1.54, 1.807) is 0 Å². The highest BCUT2D eigenvalue weighted by Crippen LogP contribution is 2.49. The molecule has 2 aliphatic carbocycles. The predicted molar refractivity (Wildman–Crippen MR) is 108 cm³/mol. The molecule has 4 N–H and O–H groups in total. The van der Waals surface area contributed by atoms with E-state index in [1.165, 1.54) is 13.0 Å². The topological polar surface area (TPSA) is 158 Å². The third-order valence-corrected chi connectivity index (χ3v) is 6.18. The van der Waals surface area contributed by atoms with E-state index in [-0.39, 0.29) is 47.3 Å². The molecule has 0 radical (unpaired) electrons. The average molecular weight is 440 g/mol. The molecule has 2 aromatic carbocycles. The van der Waals surface area contributed by atoms with Crippen molar-refractivity contribution < 1.29 is 44.3 Å². The SMILES string of the molecule is COC(=O)C1c2cc3c(c(O)c2CCC1(O)CC(C)=O)C(=O)c1c(O)ccc(O)c1C3=O. The molecule has 4 rings (SSSR count). The number of ether oxygens (including phenoxy) is 1. The van der Waals surface area contributed by atoms with Crippen molar-refractivity contribution in [1.82, 2.24) is 0 Å². The molecular formula is C23H20O9. The summed E-state index contributed by atoms with van der Waals surface area (Å²) >= 11 is 0. The lowest BCUT2D eigenvalue weighted by atomic mass is 9.67. The molecule has 32 heavy (non-hydrogen) atoms. The van der Waals surface area contributed by atoms with Gasteiger partial charge in [0.25, 0.3) is 0 Å². The molecule has 2 atom stereocenters. The van der Waals surface area contributed by atoms with Gasteiger partial charge in [0.15, 0.2) is 5.78 Å². The number of aliphatic hydroxyl groups is 1. The summed E-state index contributed by atoms with van der Waals surface area (Å²) < 4.78 is 4.83. The van der Waals surface area contributed by atoms with Crippen molar-refractivity contribution in [2.24, 2.45) is 0 Å². The number of carbonyl (C=O) groups is 4. The highest BCUT2D eigenvalue weighted by Gasteiger charge is 2.50. The maximum Gasteiger partial charge on any atom is 0.316 e. The molecule has 0 aliphatic heterocycles. The van der Waals surface area contributed by atoms with Gasteiger partial charge in [0, 0.05) is 12.0 Å². The fourth-order valence-electron chi connectivity index (χ4n) is 4.82. The summed E-state index contributed by atoms with van der Waals surface area (Å²) in [5, 5.41) is 42.4. The Hall–Kier alpha value is -3.72. The molecule has 9 heteroatoms. The summed E-state index contributed by atoms with van der Waals surface area (Å²) in [6, 6.07) is 3.34. The third-order valence-electron chi connectivity index (χ3n) is 6.18. The molecule has 0 saturated heterocycles. The highest BCUT2D eigenvalue weighted by molar-refractivity contribution is 6.31. The van der Waals surface area contributed by atoms with Gasteiger partial charge in [0.05, 0.1) is 29.4 Å². The van der Waals surface area contributed by atoms with Gasteiger partial charge in [-0.3, -0.25) is 19.2 Å². The summed E-state index contributed by atoms with van der Waals surface area (Å²) in [6.45, 7) is 1.26. The van der Waals surface area contributed by atoms with Gasteiger partial charge >= 0.3 is 5.97 Å². The zero-order valence-electron chi connectivity index (χ0n) is 17.3. The van der Waals surface area contributed by atoms with E-state index in [2.05, 4.69) is 0 Å². The number of benzene rings is 2. The molecule has 9 nitrogen and oxygen atoms in total. The summed E-state index contributed by atoms with van der Waals surface area (Å²) in [4.78, 5) is 50.7. The van der Waals surface area contributed by atoms with Crippen LogP contribution in [-0.2, 0) is 20.7 Å². The van der Waals surface area contributed by atoms with E-state index in [0.29, 0.717) is 0 Å². The normalized spacial score (nSPS) is 21.4. The smallest absolute Gasteiger partial charge is 0.316 e.